The fourth-order valence-electron chi connectivity index (χ4n) is 4.15. The number of amides is 1. The van der Waals surface area contributed by atoms with E-state index in [9.17, 15) is 13.2 Å². The van der Waals surface area contributed by atoms with Crippen LogP contribution in [0.4, 0.5) is 5.69 Å². The van der Waals surface area contributed by atoms with Crippen molar-refractivity contribution in [2.24, 2.45) is 0 Å². The summed E-state index contributed by atoms with van der Waals surface area (Å²) in [4.78, 5) is 17.7. The number of pyridine rings is 1. The van der Waals surface area contributed by atoms with Gasteiger partial charge in [0.25, 0.3) is 5.91 Å². The molecular formula is C24H20ClN3O3S. The third-order valence-electron chi connectivity index (χ3n) is 5.73. The third-order valence-corrected chi connectivity index (χ3v) is 8.11. The van der Waals surface area contributed by atoms with Gasteiger partial charge in [-0.3, -0.25) is 9.78 Å². The van der Waals surface area contributed by atoms with E-state index < -0.39 is 10.0 Å². The maximum Gasteiger partial charge on any atom is 0.257 e. The van der Waals surface area contributed by atoms with E-state index in [-0.39, 0.29) is 15.8 Å². The van der Waals surface area contributed by atoms with Crippen LogP contribution in [-0.4, -0.2) is 36.7 Å². The number of hydrogen-bond acceptors (Lipinski definition) is 4. The lowest BCUT2D eigenvalue weighted by Crippen LogP contribution is -2.28. The van der Waals surface area contributed by atoms with Crippen molar-refractivity contribution in [1.29, 1.82) is 0 Å². The maximum absolute atomic E-state index is 13.2. The Morgan fingerprint density at radius 1 is 0.969 bits per heavy atom. The Morgan fingerprint density at radius 3 is 2.53 bits per heavy atom. The Balaban J connectivity index is 1.54. The average molecular weight is 466 g/mol. The van der Waals surface area contributed by atoms with Crippen LogP contribution in [0, 0.1) is 0 Å². The Labute approximate surface area is 190 Å². The predicted octanol–water partition coefficient (Wildman–Crippen LogP) is 5.08. The zero-order valence-corrected chi connectivity index (χ0v) is 18.7. The summed E-state index contributed by atoms with van der Waals surface area (Å²) < 4.78 is 27.4. The number of carbonyl (C=O) groups is 1. The number of nitrogens with one attached hydrogen (secondary N) is 1. The molecule has 0 spiro atoms. The predicted molar refractivity (Wildman–Crippen MR) is 127 cm³/mol. The normalized spacial score (nSPS) is 14.8. The topological polar surface area (TPSA) is 79.4 Å². The number of halogens is 1. The number of aromatic nitrogens is 1. The van der Waals surface area contributed by atoms with Crippen LogP contribution in [0.5, 0.6) is 0 Å². The SMILES string of the molecule is O=C(Nc1ccc(Cl)c(S(=O)(=O)N2CCCC2)c1)c1cc2ccccc2c2cccnc12. The van der Waals surface area contributed by atoms with Crippen molar-refractivity contribution in [3.63, 3.8) is 0 Å². The Kier molecular flexibility index (Phi) is 5.33. The molecule has 162 valence electrons. The third kappa shape index (κ3) is 3.62. The van der Waals surface area contributed by atoms with Crippen LogP contribution >= 0.6 is 11.6 Å². The molecule has 2 heterocycles. The first-order valence-corrected chi connectivity index (χ1v) is 12.1. The van der Waals surface area contributed by atoms with E-state index in [1.807, 2.05) is 36.4 Å². The van der Waals surface area contributed by atoms with Gasteiger partial charge < -0.3 is 5.32 Å². The molecule has 32 heavy (non-hydrogen) atoms. The van der Waals surface area contributed by atoms with Gasteiger partial charge in [-0.25, -0.2) is 8.42 Å². The summed E-state index contributed by atoms with van der Waals surface area (Å²) in [5.74, 6) is -0.369. The number of sulfonamides is 1. The van der Waals surface area contributed by atoms with Gasteiger partial charge in [-0.05, 0) is 53.9 Å². The molecule has 0 unspecified atom stereocenters. The molecule has 4 aromatic rings. The fourth-order valence-corrected chi connectivity index (χ4v) is 6.16. The van der Waals surface area contributed by atoms with E-state index in [1.54, 1.807) is 18.3 Å². The molecule has 1 aromatic heterocycles. The lowest BCUT2D eigenvalue weighted by atomic mass is 10.0. The monoisotopic (exact) mass is 465 g/mol. The average Bonchev–Trinajstić information content (AvgIpc) is 3.36. The lowest BCUT2D eigenvalue weighted by Gasteiger charge is -2.17. The van der Waals surface area contributed by atoms with Crippen molar-refractivity contribution in [3.8, 4) is 0 Å². The summed E-state index contributed by atoms with van der Waals surface area (Å²) in [5, 5.41) is 5.77. The van der Waals surface area contributed by atoms with Crippen LogP contribution in [0.25, 0.3) is 21.7 Å². The maximum atomic E-state index is 13.2. The quantitative estimate of drug-likeness (QED) is 0.426. The van der Waals surface area contributed by atoms with E-state index in [4.69, 9.17) is 11.6 Å². The van der Waals surface area contributed by atoms with Crippen molar-refractivity contribution in [3.05, 3.63) is 77.4 Å². The van der Waals surface area contributed by atoms with Crippen molar-refractivity contribution in [2.45, 2.75) is 17.7 Å². The molecule has 5 rings (SSSR count). The zero-order valence-electron chi connectivity index (χ0n) is 17.1. The van der Waals surface area contributed by atoms with Crippen LogP contribution in [0.1, 0.15) is 23.2 Å². The van der Waals surface area contributed by atoms with Gasteiger partial charge in [-0.2, -0.15) is 4.31 Å². The first kappa shape index (κ1) is 20.9. The van der Waals surface area contributed by atoms with E-state index in [1.165, 1.54) is 16.4 Å². The molecule has 1 N–H and O–H groups in total. The Bertz CT molecular complexity index is 1460. The van der Waals surface area contributed by atoms with Gasteiger partial charge in [-0.15, -0.1) is 0 Å². The summed E-state index contributed by atoms with van der Waals surface area (Å²) in [6, 6.07) is 17.9. The van der Waals surface area contributed by atoms with Gasteiger partial charge in [0.05, 0.1) is 16.1 Å². The number of carbonyl (C=O) groups excluding carboxylic acids is 1. The van der Waals surface area contributed by atoms with Crippen molar-refractivity contribution < 1.29 is 13.2 Å². The summed E-state index contributed by atoms with van der Waals surface area (Å²) in [5.41, 5.74) is 1.36. The first-order chi connectivity index (χ1) is 15.4. The molecule has 0 saturated carbocycles. The molecule has 1 saturated heterocycles. The summed E-state index contributed by atoms with van der Waals surface area (Å²) in [6.45, 7) is 0.952. The molecule has 1 fully saturated rings. The summed E-state index contributed by atoms with van der Waals surface area (Å²) in [7, 11) is -3.72. The molecule has 0 atom stereocenters. The van der Waals surface area contributed by atoms with Crippen LogP contribution < -0.4 is 5.32 Å². The number of hydrogen-bond donors (Lipinski definition) is 1. The van der Waals surface area contributed by atoms with E-state index in [2.05, 4.69) is 10.3 Å². The minimum absolute atomic E-state index is 0.000334. The molecule has 3 aromatic carbocycles. The van der Waals surface area contributed by atoms with Crippen molar-refractivity contribution in [2.75, 3.05) is 18.4 Å². The van der Waals surface area contributed by atoms with E-state index in [0.717, 1.165) is 29.0 Å². The molecule has 6 nitrogen and oxygen atoms in total. The van der Waals surface area contributed by atoms with Gasteiger partial charge in [0.15, 0.2) is 0 Å². The van der Waals surface area contributed by atoms with Crippen LogP contribution in [0.3, 0.4) is 0 Å². The highest BCUT2D eigenvalue weighted by Crippen LogP contribution is 2.31. The molecule has 0 aliphatic carbocycles. The number of benzene rings is 3. The second-order valence-electron chi connectivity index (χ2n) is 7.76. The molecule has 8 heteroatoms. The van der Waals surface area contributed by atoms with Gasteiger partial charge in [0, 0.05) is 30.4 Å². The number of fused-ring (bicyclic) bond motifs is 3. The van der Waals surface area contributed by atoms with Crippen LogP contribution in [0.15, 0.2) is 71.8 Å². The van der Waals surface area contributed by atoms with Gasteiger partial charge in [0.2, 0.25) is 10.0 Å². The molecular weight excluding hydrogens is 446 g/mol. The van der Waals surface area contributed by atoms with Crippen LogP contribution in [0.2, 0.25) is 5.02 Å². The zero-order chi connectivity index (χ0) is 22.3. The fraction of sp³-hybridized carbons (Fsp3) is 0.167. The smallest absolute Gasteiger partial charge is 0.257 e. The van der Waals surface area contributed by atoms with Crippen molar-refractivity contribution >= 4 is 54.9 Å². The second-order valence-corrected chi connectivity index (χ2v) is 10.1. The van der Waals surface area contributed by atoms with E-state index in [0.29, 0.717) is 29.9 Å². The summed E-state index contributed by atoms with van der Waals surface area (Å²) in [6.07, 6.45) is 3.31. The number of rotatable bonds is 4. The van der Waals surface area contributed by atoms with Gasteiger partial charge in [-0.1, -0.05) is 41.9 Å². The Hall–Kier alpha value is -3.00. The molecule has 0 bridgehead atoms. The minimum Gasteiger partial charge on any atom is -0.322 e. The van der Waals surface area contributed by atoms with E-state index >= 15 is 0 Å². The van der Waals surface area contributed by atoms with Gasteiger partial charge >= 0.3 is 0 Å². The summed E-state index contributed by atoms with van der Waals surface area (Å²) >= 11 is 6.23. The molecule has 0 radical (unpaired) electrons. The Morgan fingerprint density at radius 2 is 1.72 bits per heavy atom. The standard InChI is InChI=1S/C24H20ClN3O3S/c25-21-10-9-17(15-22(21)32(30,31)28-12-3-4-13-28)27-24(29)20-14-16-6-1-2-7-18(16)19-8-5-11-26-23(19)20/h1-2,5-11,14-15H,3-4,12-13H2,(H,27,29). The lowest BCUT2D eigenvalue weighted by molar-refractivity contribution is 0.102. The highest BCUT2D eigenvalue weighted by atomic mass is 35.5. The molecule has 1 aliphatic heterocycles. The van der Waals surface area contributed by atoms with Gasteiger partial charge in [0.1, 0.15) is 4.90 Å². The van der Waals surface area contributed by atoms with Crippen molar-refractivity contribution in [1.82, 2.24) is 9.29 Å². The number of anilines is 1. The minimum atomic E-state index is -3.72. The highest BCUT2D eigenvalue weighted by molar-refractivity contribution is 7.89. The second kappa shape index (κ2) is 8.16. The molecule has 1 aliphatic rings. The first-order valence-electron chi connectivity index (χ1n) is 10.3. The molecule has 1 amide bonds. The number of nitrogens with zero attached hydrogens (tertiary/aromatic N) is 2. The largest absolute Gasteiger partial charge is 0.322 e. The highest BCUT2D eigenvalue weighted by Gasteiger charge is 2.29. The van der Waals surface area contributed by atoms with Crippen LogP contribution in [-0.2, 0) is 10.0 Å².